The summed E-state index contributed by atoms with van der Waals surface area (Å²) in [5.74, 6) is 2.18. The van der Waals surface area contributed by atoms with Gasteiger partial charge in [-0.1, -0.05) is 48.5 Å². The molecule has 3 heterocycles. The molecule has 0 saturated carbocycles. The first-order valence-corrected chi connectivity index (χ1v) is 11.9. The Kier molecular flexibility index (Phi) is 5.86. The number of benzene rings is 3. The fourth-order valence-corrected chi connectivity index (χ4v) is 4.52. The molecule has 0 saturated heterocycles. The first kappa shape index (κ1) is 21.4. The number of tetrazole rings is 1. The molecule has 0 fully saturated rings. The normalized spacial score (nSPS) is 15.0. The highest BCUT2D eigenvalue weighted by molar-refractivity contribution is 5.91. The van der Waals surface area contributed by atoms with Gasteiger partial charge in [-0.05, 0) is 54.3 Å². The minimum absolute atomic E-state index is 0.457. The smallest absolute Gasteiger partial charge is 0.230 e. The average Bonchev–Trinajstić information content (AvgIpc) is 3.59. The van der Waals surface area contributed by atoms with Crippen molar-refractivity contribution >= 4 is 10.9 Å². The van der Waals surface area contributed by atoms with Crippen LogP contribution in [0, 0.1) is 0 Å². The van der Waals surface area contributed by atoms with Crippen molar-refractivity contribution in [3.8, 4) is 22.8 Å². The van der Waals surface area contributed by atoms with Crippen LogP contribution in [0.2, 0.25) is 0 Å². The third kappa shape index (κ3) is 4.48. The number of H-pyrrole nitrogens is 2. The fraction of sp³-hybridized carbons (Fsp3) is 0.222. The number of ether oxygens (including phenoxy) is 2. The molecule has 1 unspecified atom stereocenters. The summed E-state index contributed by atoms with van der Waals surface area (Å²) < 4.78 is 12.5. The first-order valence-electron chi connectivity index (χ1n) is 11.9. The zero-order chi connectivity index (χ0) is 23.5. The quantitative estimate of drug-likeness (QED) is 0.280. The second-order valence-corrected chi connectivity index (χ2v) is 8.63. The van der Waals surface area contributed by atoms with Crippen LogP contribution in [0.5, 0.6) is 11.5 Å². The average molecular weight is 467 g/mol. The molecule has 2 aromatic heterocycles. The van der Waals surface area contributed by atoms with Gasteiger partial charge < -0.3 is 14.5 Å². The van der Waals surface area contributed by atoms with E-state index in [2.05, 4.69) is 85.5 Å². The zero-order valence-corrected chi connectivity index (χ0v) is 19.2. The standard InChI is InChI=1S/C27H26N6O2/c1-2-8-18(9-3-1)10-4-5-15-34-24-14-7-13-22-21(24)16-23(29-22)20-12-6-11-19-17-28-27(35-25(19)20)26-30-32-33-31-26/h1-3,6-9,11-14,16,27-29H,4-5,10,15,17H2,(H,30,31,32,33). The molecule has 0 aliphatic carbocycles. The molecule has 6 rings (SSSR count). The molecule has 3 N–H and O–H groups in total. The van der Waals surface area contributed by atoms with Crippen molar-refractivity contribution in [1.29, 1.82) is 0 Å². The molecule has 35 heavy (non-hydrogen) atoms. The van der Waals surface area contributed by atoms with Gasteiger partial charge in [-0.3, -0.25) is 5.32 Å². The van der Waals surface area contributed by atoms with E-state index in [4.69, 9.17) is 9.47 Å². The maximum Gasteiger partial charge on any atom is 0.230 e. The van der Waals surface area contributed by atoms with Crippen molar-refractivity contribution in [3.63, 3.8) is 0 Å². The lowest BCUT2D eigenvalue weighted by molar-refractivity contribution is 0.136. The number of hydrogen-bond acceptors (Lipinski definition) is 6. The van der Waals surface area contributed by atoms with E-state index in [1.165, 1.54) is 5.56 Å². The highest BCUT2D eigenvalue weighted by atomic mass is 16.5. The molecule has 0 spiro atoms. The number of rotatable bonds is 8. The maximum atomic E-state index is 6.27. The summed E-state index contributed by atoms with van der Waals surface area (Å²) in [7, 11) is 0. The van der Waals surface area contributed by atoms with E-state index >= 15 is 0 Å². The number of nitrogens with one attached hydrogen (secondary N) is 3. The molecule has 3 aromatic carbocycles. The minimum atomic E-state index is -0.457. The Hall–Kier alpha value is -4.17. The topological polar surface area (TPSA) is 101 Å². The molecule has 8 nitrogen and oxygen atoms in total. The zero-order valence-electron chi connectivity index (χ0n) is 19.2. The Morgan fingerprint density at radius 3 is 2.77 bits per heavy atom. The van der Waals surface area contributed by atoms with Gasteiger partial charge in [-0.2, -0.15) is 5.21 Å². The number of hydrogen-bond donors (Lipinski definition) is 3. The monoisotopic (exact) mass is 466 g/mol. The van der Waals surface area contributed by atoms with Crippen molar-refractivity contribution in [2.24, 2.45) is 0 Å². The summed E-state index contributed by atoms with van der Waals surface area (Å²) in [5.41, 5.74) is 5.45. The van der Waals surface area contributed by atoms with Crippen LogP contribution in [0.3, 0.4) is 0 Å². The molecular weight excluding hydrogens is 440 g/mol. The van der Waals surface area contributed by atoms with Gasteiger partial charge in [0.05, 0.1) is 12.3 Å². The van der Waals surface area contributed by atoms with E-state index in [0.29, 0.717) is 19.0 Å². The predicted octanol–water partition coefficient (Wildman–Crippen LogP) is 4.93. The SMILES string of the molecule is c1ccc(CCCCOc2cccc3[nH]c(-c4cccc5c4OC(c4nn[nH]n4)NC5)cc23)cc1. The van der Waals surface area contributed by atoms with Crippen LogP contribution < -0.4 is 14.8 Å². The predicted molar refractivity (Wildman–Crippen MR) is 133 cm³/mol. The van der Waals surface area contributed by atoms with Crippen LogP contribution in [0.1, 0.15) is 36.0 Å². The summed E-state index contributed by atoms with van der Waals surface area (Å²) >= 11 is 0. The molecule has 1 atom stereocenters. The Labute approximate surface area is 202 Å². The number of para-hydroxylation sites is 1. The maximum absolute atomic E-state index is 6.27. The molecule has 1 aliphatic heterocycles. The van der Waals surface area contributed by atoms with Crippen LogP contribution in [0.25, 0.3) is 22.2 Å². The van der Waals surface area contributed by atoms with E-state index in [1.807, 2.05) is 18.2 Å². The second-order valence-electron chi connectivity index (χ2n) is 8.63. The molecule has 0 bridgehead atoms. The second kappa shape index (κ2) is 9.60. The van der Waals surface area contributed by atoms with Crippen LogP contribution in [-0.4, -0.2) is 32.2 Å². The lowest BCUT2D eigenvalue weighted by atomic mass is 10.0. The minimum Gasteiger partial charge on any atom is -0.493 e. The fourth-order valence-electron chi connectivity index (χ4n) is 4.52. The summed E-state index contributed by atoms with van der Waals surface area (Å²) in [5, 5.41) is 18.6. The lowest BCUT2D eigenvalue weighted by Gasteiger charge is -2.26. The summed E-state index contributed by atoms with van der Waals surface area (Å²) in [6, 6.07) is 25.0. The highest BCUT2D eigenvalue weighted by Crippen LogP contribution is 2.39. The highest BCUT2D eigenvalue weighted by Gasteiger charge is 2.26. The Morgan fingerprint density at radius 2 is 1.89 bits per heavy atom. The van der Waals surface area contributed by atoms with E-state index < -0.39 is 6.23 Å². The van der Waals surface area contributed by atoms with Crippen molar-refractivity contribution in [1.82, 2.24) is 30.9 Å². The largest absolute Gasteiger partial charge is 0.493 e. The number of aromatic amines is 2. The van der Waals surface area contributed by atoms with Gasteiger partial charge >= 0.3 is 0 Å². The van der Waals surface area contributed by atoms with Crippen LogP contribution in [-0.2, 0) is 13.0 Å². The van der Waals surface area contributed by atoms with E-state index in [0.717, 1.165) is 58.5 Å². The third-order valence-electron chi connectivity index (χ3n) is 6.28. The Morgan fingerprint density at radius 1 is 0.971 bits per heavy atom. The van der Waals surface area contributed by atoms with Crippen molar-refractivity contribution in [2.45, 2.75) is 32.0 Å². The Bertz CT molecular complexity index is 1410. The van der Waals surface area contributed by atoms with Gasteiger partial charge in [0.2, 0.25) is 12.1 Å². The number of nitrogens with zero attached hydrogens (tertiary/aromatic N) is 3. The lowest BCUT2D eigenvalue weighted by Crippen LogP contribution is -2.31. The molecule has 0 radical (unpaired) electrons. The van der Waals surface area contributed by atoms with Gasteiger partial charge in [0.1, 0.15) is 11.5 Å². The van der Waals surface area contributed by atoms with Crippen molar-refractivity contribution < 1.29 is 9.47 Å². The van der Waals surface area contributed by atoms with Gasteiger partial charge in [0.15, 0.2) is 0 Å². The van der Waals surface area contributed by atoms with Crippen LogP contribution in [0.4, 0.5) is 0 Å². The molecule has 0 amide bonds. The van der Waals surface area contributed by atoms with Gasteiger partial charge in [-0.25, -0.2) is 0 Å². The van der Waals surface area contributed by atoms with Gasteiger partial charge in [0, 0.05) is 28.6 Å². The van der Waals surface area contributed by atoms with Crippen LogP contribution >= 0.6 is 0 Å². The Balaban J connectivity index is 1.19. The molecule has 176 valence electrons. The summed E-state index contributed by atoms with van der Waals surface area (Å²) in [6.07, 6.45) is 2.72. The summed E-state index contributed by atoms with van der Waals surface area (Å²) in [4.78, 5) is 3.54. The first-order chi connectivity index (χ1) is 17.3. The number of unbranched alkanes of at least 4 members (excludes halogenated alkanes) is 1. The van der Waals surface area contributed by atoms with E-state index in [-0.39, 0.29) is 0 Å². The van der Waals surface area contributed by atoms with Crippen molar-refractivity contribution in [2.75, 3.05) is 6.61 Å². The van der Waals surface area contributed by atoms with Crippen LogP contribution in [0.15, 0.2) is 72.8 Å². The van der Waals surface area contributed by atoms with Gasteiger partial charge in [-0.15, -0.1) is 10.2 Å². The third-order valence-corrected chi connectivity index (χ3v) is 6.28. The van der Waals surface area contributed by atoms with E-state index in [1.54, 1.807) is 0 Å². The molecular formula is C27H26N6O2. The summed E-state index contributed by atoms with van der Waals surface area (Å²) in [6.45, 7) is 1.34. The number of fused-ring (bicyclic) bond motifs is 2. The molecule has 8 heteroatoms. The number of aryl methyl sites for hydroxylation is 1. The molecule has 1 aliphatic rings. The number of aromatic nitrogens is 5. The van der Waals surface area contributed by atoms with E-state index in [9.17, 15) is 0 Å². The van der Waals surface area contributed by atoms with Crippen molar-refractivity contribution in [3.05, 3.63) is 89.7 Å². The van der Waals surface area contributed by atoms with Gasteiger partial charge in [0.25, 0.3) is 0 Å². The molecule has 5 aromatic rings.